The van der Waals surface area contributed by atoms with Crippen LogP contribution in [0.4, 0.5) is 5.69 Å². The number of likely N-dealkylation sites (tertiary alicyclic amines) is 1. The number of carboxylic acids is 1. The van der Waals surface area contributed by atoms with Gasteiger partial charge in [-0.05, 0) is 43.0 Å². The number of nitrogens with zero attached hydrogens (tertiary/aromatic N) is 1. The van der Waals surface area contributed by atoms with Gasteiger partial charge >= 0.3 is 5.97 Å². The lowest BCUT2D eigenvalue weighted by atomic mass is 10.1. The second-order valence-electron chi connectivity index (χ2n) is 6.46. The van der Waals surface area contributed by atoms with Crippen molar-refractivity contribution in [3.8, 4) is 0 Å². The van der Waals surface area contributed by atoms with E-state index in [1.54, 1.807) is 29.2 Å². The van der Waals surface area contributed by atoms with Crippen molar-refractivity contribution in [3.05, 3.63) is 29.8 Å². The molecule has 1 aromatic rings. The Hall–Kier alpha value is -2.37. The summed E-state index contributed by atoms with van der Waals surface area (Å²) in [5.41, 5.74) is 1.18. The van der Waals surface area contributed by atoms with Crippen LogP contribution in [0.3, 0.4) is 0 Å². The van der Waals surface area contributed by atoms with Crippen molar-refractivity contribution in [2.45, 2.75) is 19.8 Å². The molecule has 3 atom stereocenters. The van der Waals surface area contributed by atoms with Gasteiger partial charge in [-0.15, -0.1) is 0 Å². The lowest BCUT2D eigenvalue weighted by molar-refractivity contribution is -0.141. The highest BCUT2D eigenvalue weighted by molar-refractivity contribution is 5.97. The van der Waals surface area contributed by atoms with E-state index < -0.39 is 11.9 Å². The van der Waals surface area contributed by atoms with Gasteiger partial charge in [0.25, 0.3) is 5.91 Å². The largest absolute Gasteiger partial charge is 0.481 e. The molecule has 6 heteroatoms. The van der Waals surface area contributed by atoms with E-state index in [1.165, 1.54) is 0 Å². The molecule has 0 radical (unpaired) electrons. The normalized spacial score (nSPS) is 26.0. The average Bonchev–Trinajstić information content (AvgIpc) is 3.07. The molecule has 23 heavy (non-hydrogen) atoms. The molecule has 2 amide bonds. The number of benzene rings is 1. The van der Waals surface area contributed by atoms with Crippen molar-refractivity contribution >= 4 is 23.5 Å². The predicted molar refractivity (Wildman–Crippen MR) is 84.0 cm³/mol. The molecule has 2 fully saturated rings. The Labute approximate surface area is 134 Å². The summed E-state index contributed by atoms with van der Waals surface area (Å²) < 4.78 is 0. The first kappa shape index (κ1) is 15.5. The maximum absolute atomic E-state index is 12.4. The highest BCUT2D eigenvalue weighted by atomic mass is 16.4. The molecule has 3 unspecified atom stereocenters. The Morgan fingerprint density at radius 3 is 2.39 bits per heavy atom. The quantitative estimate of drug-likeness (QED) is 0.887. The van der Waals surface area contributed by atoms with Crippen molar-refractivity contribution in [2.75, 3.05) is 18.4 Å². The summed E-state index contributed by atoms with van der Waals surface area (Å²) in [5, 5.41) is 11.8. The zero-order valence-corrected chi connectivity index (χ0v) is 13.0. The van der Waals surface area contributed by atoms with Crippen LogP contribution in [-0.2, 0) is 9.59 Å². The lowest BCUT2D eigenvalue weighted by Crippen LogP contribution is -2.29. The van der Waals surface area contributed by atoms with Crippen LogP contribution >= 0.6 is 0 Å². The molecule has 1 aliphatic carbocycles. The summed E-state index contributed by atoms with van der Waals surface area (Å²) in [6.07, 6.45) is 1.43. The number of carbonyl (C=O) groups excluding carboxylic acids is 2. The van der Waals surface area contributed by atoms with Gasteiger partial charge in [-0.2, -0.15) is 0 Å². The molecule has 0 spiro atoms. The van der Waals surface area contributed by atoms with E-state index in [9.17, 15) is 14.4 Å². The molecule has 1 heterocycles. The smallest absolute Gasteiger partial charge is 0.308 e. The fourth-order valence-corrected chi connectivity index (χ4v) is 2.95. The molecule has 2 N–H and O–H groups in total. The molecule has 2 aliphatic rings. The summed E-state index contributed by atoms with van der Waals surface area (Å²) in [6, 6.07) is 6.76. The first-order chi connectivity index (χ1) is 11.0. The topological polar surface area (TPSA) is 86.7 Å². The van der Waals surface area contributed by atoms with Gasteiger partial charge in [0.2, 0.25) is 5.91 Å². The van der Waals surface area contributed by atoms with E-state index in [0.717, 1.165) is 6.42 Å². The van der Waals surface area contributed by atoms with Crippen LogP contribution in [0.25, 0.3) is 0 Å². The minimum Gasteiger partial charge on any atom is -0.481 e. The molecule has 0 aromatic heterocycles. The fourth-order valence-electron chi connectivity index (χ4n) is 2.95. The van der Waals surface area contributed by atoms with E-state index in [2.05, 4.69) is 5.32 Å². The Morgan fingerprint density at radius 2 is 1.87 bits per heavy atom. The number of anilines is 1. The first-order valence-electron chi connectivity index (χ1n) is 7.88. The highest BCUT2D eigenvalue weighted by Crippen LogP contribution is 2.38. The third kappa shape index (κ3) is 3.36. The van der Waals surface area contributed by atoms with E-state index in [4.69, 9.17) is 5.11 Å². The van der Waals surface area contributed by atoms with Gasteiger partial charge in [0.15, 0.2) is 0 Å². The van der Waals surface area contributed by atoms with E-state index in [1.807, 2.05) is 6.92 Å². The minimum atomic E-state index is -0.854. The van der Waals surface area contributed by atoms with Crippen LogP contribution in [0, 0.1) is 17.8 Å². The number of carbonyl (C=O) groups is 3. The molecule has 0 bridgehead atoms. The lowest BCUT2D eigenvalue weighted by Gasteiger charge is -2.16. The third-order valence-corrected chi connectivity index (χ3v) is 4.67. The summed E-state index contributed by atoms with van der Waals surface area (Å²) in [4.78, 5) is 36.8. The number of carboxylic acid groups (broad SMARTS) is 1. The monoisotopic (exact) mass is 316 g/mol. The van der Waals surface area contributed by atoms with Crippen LogP contribution in [0.2, 0.25) is 0 Å². The summed E-state index contributed by atoms with van der Waals surface area (Å²) in [7, 11) is 0. The Morgan fingerprint density at radius 1 is 1.22 bits per heavy atom. The second-order valence-corrected chi connectivity index (χ2v) is 6.46. The number of nitrogens with one attached hydrogen (secondary N) is 1. The van der Waals surface area contributed by atoms with Crippen LogP contribution in [0.5, 0.6) is 0 Å². The van der Waals surface area contributed by atoms with Crippen molar-refractivity contribution in [1.82, 2.24) is 4.90 Å². The molecular formula is C17H20N2O4. The van der Waals surface area contributed by atoms with Crippen molar-refractivity contribution in [3.63, 3.8) is 0 Å². The molecule has 122 valence electrons. The molecule has 3 rings (SSSR count). The molecule has 1 saturated carbocycles. The SMILES string of the molecule is CC1CC1C(=O)Nc1ccc(C(=O)N2CCC(C(=O)O)C2)cc1. The fraction of sp³-hybridized carbons (Fsp3) is 0.471. The zero-order chi connectivity index (χ0) is 16.6. The van der Waals surface area contributed by atoms with Crippen LogP contribution in [0.1, 0.15) is 30.1 Å². The Bertz CT molecular complexity index is 640. The summed E-state index contributed by atoms with van der Waals surface area (Å²) in [6.45, 7) is 2.77. The minimum absolute atomic E-state index is 0.0282. The number of aliphatic carboxylic acids is 1. The molecule has 1 aromatic carbocycles. The predicted octanol–water partition coefficient (Wildman–Crippen LogP) is 1.83. The van der Waals surface area contributed by atoms with E-state index >= 15 is 0 Å². The standard InChI is InChI=1S/C17H20N2O4/c1-10-8-14(10)15(20)18-13-4-2-11(3-5-13)16(21)19-7-6-12(9-19)17(22)23/h2-5,10,12,14H,6-9H2,1H3,(H,18,20)(H,22,23). The third-order valence-electron chi connectivity index (χ3n) is 4.67. The van der Waals surface area contributed by atoms with Crippen LogP contribution in [-0.4, -0.2) is 40.9 Å². The van der Waals surface area contributed by atoms with Gasteiger partial charge < -0.3 is 15.3 Å². The Balaban J connectivity index is 1.59. The van der Waals surface area contributed by atoms with Crippen molar-refractivity contribution in [1.29, 1.82) is 0 Å². The van der Waals surface area contributed by atoms with Crippen LogP contribution in [0.15, 0.2) is 24.3 Å². The number of amides is 2. The van der Waals surface area contributed by atoms with E-state index in [-0.39, 0.29) is 24.3 Å². The van der Waals surface area contributed by atoms with Gasteiger partial charge in [0.05, 0.1) is 5.92 Å². The van der Waals surface area contributed by atoms with Gasteiger partial charge in [-0.1, -0.05) is 6.92 Å². The maximum atomic E-state index is 12.4. The van der Waals surface area contributed by atoms with Crippen LogP contribution < -0.4 is 5.32 Å². The number of hydrogen-bond acceptors (Lipinski definition) is 3. The van der Waals surface area contributed by atoms with E-state index in [0.29, 0.717) is 30.1 Å². The first-order valence-corrected chi connectivity index (χ1v) is 7.88. The average molecular weight is 316 g/mol. The van der Waals surface area contributed by atoms with Crippen molar-refractivity contribution in [2.24, 2.45) is 17.8 Å². The van der Waals surface area contributed by atoms with Gasteiger partial charge in [0, 0.05) is 30.3 Å². The number of hydrogen-bond donors (Lipinski definition) is 2. The van der Waals surface area contributed by atoms with Gasteiger partial charge in [-0.25, -0.2) is 0 Å². The Kier molecular flexibility index (Phi) is 4.07. The molecule has 6 nitrogen and oxygen atoms in total. The summed E-state index contributed by atoms with van der Waals surface area (Å²) >= 11 is 0. The van der Waals surface area contributed by atoms with Crippen molar-refractivity contribution < 1.29 is 19.5 Å². The highest BCUT2D eigenvalue weighted by Gasteiger charge is 2.39. The summed E-state index contributed by atoms with van der Waals surface area (Å²) in [5.74, 6) is -0.907. The molecule has 1 saturated heterocycles. The number of rotatable bonds is 4. The maximum Gasteiger partial charge on any atom is 0.308 e. The molecular weight excluding hydrogens is 296 g/mol. The van der Waals surface area contributed by atoms with Gasteiger partial charge in [-0.3, -0.25) is 14.4 Å². The zero-order valence-electron chi connectivity index (χ0n) is 13.0. The second kappa shape index (κ2) is 6.02. The van der Waals surface area contributed by atoms with Gasteiger partial charge in [0.1, 0.15) is 0 Å². The molecule has 1 aliphatic heterocycles.